The molecule has 0 aliphatic rings. The summed E-state index contributed by atoms with van der Waals surface area (Å²) in [7, 11) is 0. The van der Waals surface area contributed by atoms with Gasteiger partial charge in [-0.15, -0.1) is 0 Å². The fourth-order valence-corrected chi connectivity index (χ4v) is 2.07. The molecule has 0 aliphatic carbocycles. The number of pyridine rings is 1. The lowest BCUT2D eigenvalue weighted by Gasteiger charge is -2.19. The van der Waals surface area contributed by atoms with Crippen molar-refractivity contribution in [2.75, 3.05) is 29.9 Å². The molecule has 0 amide bonds. The Balaban J connectivity index is 2.52. The molecule has 0 saturated carbocycles. The summed E-state index contributed by atoms with van der Waals surface area (Å²) in [5.74, 6) is 1.96. The number of anilines is 2. The highest BCUT2D eigenvalue weighted by Gasteiger charge is 2.13. The molecular formula is C15H22N6. The molecule has 0 aliphatic heterocycles. The first-order chi connectivity index (χ1) is 10.2. The highest BCUT2D eigenvalue weighted by Crippen LogP contribution is 2.21. The van der Waals surface area contributed by atoms with Gasteiger partial charge < -0.3 is 10.2 Å². The van der Waals surface area contributed by atoms with Gasteiger partial charge in [0.05, 0.1) is 0 Å². The van der Waals surface area contributed by atoms with Crippen LogP contribution in [0.2, 0.25) is 0 Å². The molecule has 0 aromatic carbocycles. The highest BCUT2D eigenvalue weighted by molar-refractivity contribution is 5.61. The van der Waals surface area contributed by atoms with Crippen molar-refractivity contribution in [2.45, 2.75) is 27.7 Å². The maximum Gasteiger partial charge on any atom is 0.230 e. The Hall–Kier alpha value is -2.24. The van der Waals surface area contributed by atoms with E-state index in [4.69, 9.17) is 0 Å². The van der Waals surface area contributed by atoms with Crippen molar-refractivity contribution >= 4 is 11.9 Å². The van der Waals surface area contributed by atoms with E-state index >= 15 is 0 Å². The first-order valence-corrected chi connectivity index (χ1v) is 7.35. The first-order valence-electron chi connectivity index (χ1n) is 7.35. The number of nitrogens with zero attached hydrogens (tertiary/aromatic N) is 5. The van der Waals surface area contributed by atoms with E-state index in [9.17, 15) is 0 Å². The van der Waals surface area contributed by atoms with E-state index in [1.807, 2.05) is 19.9 Å². The summed E-state index contributed by atoms with van der Waals surface area (Å²) < 4.78 is 0. The van der Waals surface area contributed by atoms with Crippen molar-refractivity contribution in [1.29, 1.82) is 0 Å². The van der Waals surface area contributed by atoms with Crippen molar-refractivity contribution in [3.8, 4) is 11.4 Å². The molecule has 0 radical (unpaired) electrons. The van der Waals surface area contributed by atoms with Crippen LogP contribution in [0.3, 0.4) is 0 Å². The molecule has 112 valence electrons. The monoisotopic (exact) mass is 286 g/mol. The van der Waals surface area contributed by atoms with Crippen molar-refractivity contribution in [3.63, 3.8) is 0 Å². The van der Waals surface area contributed by atoms with Gasteiger partial charge in [-0.05, 0) is 39.3 Å². The number of rotatable bonds is 6. The standard InChI is InChI=1S/C15H22N6/c1-5-17-14-18-13(12-10-16-9-8-11(12)4)19-15(20-14)21(6-2)7-3/h8-10H,5-7H2,1-4H3,(H,17,18,19,20). The molecule has 1 N–H and O–H groups in total. The van der Waals surface area contributed by atoms with E-state index in [0.717, 1.165) is 30.8 Å². The first kappa shape index (κ1) is 15.2. The third-order valence-corrected chi connectivity index (χ3v) is 3.28. The Morgan fingerprint density at radius 3 is 2.48 bits per heavy atom. The van der Waals surface area contributed by atoms with Crippen molar-refractivity contribution in [2.24, 2.45) is 0 Å². The second-order valence-electron chi connectivity index (χ2n) is 4.68. The van der Waals surface area contributed by atoms with E-state index in [1.165, 1.54) is 0 Å². The van der Waals surface area contributed by atoms with Crippen LogP contribution < -0.4 is 10.2 Å². The van der Waals surface area contributed by atoms with Crippen molar-refractivity contribution in [1.82, 2.24) is 19.9 Å². The zero-order valence-electron chi connectivity index (χ0n) is 13.1. The molecule has 2 heterocycles. The molecular weight excluding hydrogens is 264 g/mol. The maximum absolute atomic E-state index is 4.61. The second kappa shape index (κ2) is 6.97. The van der Waals surface area contributed by atoms with Gasteiger partial charge in [0.25, 0.3) is 0 Å². The minimum atomic E-state index is 0.604. The van der Waals surface area contributed by atoms with Crippen LogP contribution in [0, 0.1) is 6.92 Å². The fraction of sp³-hybridized carbons (Fsp3) is 0.467. The van der Waals surface area contributed by atoms with E-state index in [0.29, 0.717) is 17.7 Å². The van der Waals surface area contributed by atoms with Crippen LogP contribution in [0.15, 0.2) is 18.5 Å². The average Bonchev–Trinajstić information content (AvgIpc) is 2.49. The molecule has 2 aromatic heterocycles. The molecule has 0 unspecified atom stereocenters. The van der Waals surface area contributed by atoms with Crippen LogP contribution in [-0.2, 0) is 0 Å². The summed E-state index contributed by atoms with van der Waals surface area (Å²) >= 11 is 0. The average molecular weight is 286 g/mol. The number of aromatic nitrogens is 4. The van der Waals surface area contributed by atoms with E-state index in [-0.39, 0.29) is 0 Å². The Bertz CT molecular complexity index is 594. The highest BCUT2D eigenvalue weighted by atomic mass is 15.3. The molecule has 0 fully saturated rings. The smallest absolute Gasteiger partial charge is 0.230 e. The number of hydrogen-bond donors (Lipinski definition) is 1. The van der Waals surface area contributed by atoms with E-state index < -0.39 is 0 Å². The Morgan fingerprint density at radius 1 is 1.10 bits per heavy atom. The van der Waals surface area contributed by atoms with Crippen LogP contribution in [-0.4, -0.2) is 39.6 Å². The van der Waals surface area contributed by atoms with Gasteiger partial charge in [0.1, 0.15) is 0 Å². The molecule has 0 atom stereocenters. The molecule has 2 aromatic rings. The zero-order chi connectivity index (χ0) is 15.2. The van der Waals surface area contributed by atoms with Gasteiger partial charge in [-0.1, -0.05) is 0 Å². The number of aryl methyl sites for hydroxylation is 1. The van der Waals surface area contributed by atoms with E-state index in [1.54, 1.807) is 12.4 Å². The lowest BCUT2D eigenvalue weighted by molar-refractivity contribution is 0.813. The summed E-state index contributed by atoms with van der Waals surface area (Å²) in [6.07, 6.45) is 3.57. The van der Waals surface area contributed by atoms with Crippen LogP contribution >= 0.6 is 0 Å². The van der Waals surface area contributed by atoms with Gasteiger partial charge in [0.15, 0.2) is 5.82 Å². The summed E-state index contributed by atoms with van der Waals surface area (Å²) in [5.41, 5.74) is 2.04. The van der Waals surface area contributed by atoms with Crippen LogP contribution in [0.25, 0.3) is 11.4 Å². The van der Waals surface area contributed by atoms with Gasteiger partial charge in [0.2, 0.25) is 11.9 Å². The topological polar surface area (TPSA) is 66.8 Å². The second-order valence-corrected chi connectivity index (χ2v) is 4.68. The lowest BCUT2D eigenvalue weighted by Crippen LogP contribution is -2.25. The summed E-state index contributed by atoms with van der Waals surface area (Å²) in [6, 6.07) is 1.96. The summed E-state index contributed by atoms with van der Waals surface area (Å²) in [4.78, 5) is 19.9. The third kappa shape index (κ3) is 3.45. The Labute approximate surface area is 125 Å². The van der Waals surface area contributed by atoms with Crippen LogP contribution in [0.1, 0.15) is 26.3 Å². The van der Waals surface area contributed by atoms with Gasteiger partial charge in [0, 0.05) is 37.6 Å². The molecule has 0 spiro atoms. The minimum absolute atomic E-state index is 0.604. The molecule has 21 heavy (non-hydrogen) atoms. The molecule has 6 nitrogen and oxygen atoms in total. The largest absolute Gasteiger partial charge is 0.354 e. The predicted molar refractivity (Wildman–Crippen MR) is 85.5 cm³/mol. The Morgan fingerprint density at radius 2 is 1.86 bits per heavy atom. The quantitative estimate of drug-likeness (QED) is 0.880. The molecule has 6 heteroatoms. The van der Waals surface area contributed by atoms with Crippen molar-refractivity contribution in [3.05, 3.63) is 24.0 Å². The summed E-state index contributed by atoms with van der Waals surface area (Å²) in [6.45, 7) is 10.7. The molecule has 0 bridgehead atoms. The fourth-order valence-electron chi connectivity index (χ4n) is 2.07. The number of nitrogens with one attached hydrogen (secondary N) is 1. The normalized spacial score (nSPS) is 10.5. The zero-order valence-corrected chi connectivity index (χ0v) is 13.1. The molecule has 2 rings (SSSR count). The predicted octanol–water partition coefficient (Wildman–Crippen LogP) is 2.52. The van der Waals surface area contributed by atoms with Crippen LogP contribution in [0.5, 0.6) is 0 Å². The van der Waals surface area contributed by atoms with Gasteiger partial charge >= 0.3 is 0 Å². The van der Waals surface area contributed by atoms with Gasteiger partial charge in [-0.3, -0.25) is 4.98 Å². The van der Waals surface area contributed by atoms with Gasteiger partial charge in [-0.2, -0.15) is 15.0 Å². The number of hydrogen-bond acceptors (Lipinski definition) is 6. The van der Waals surface area contributed by atoms with Crippen LogP contribution in [0.4, 0.5) is 11.9 Å². The summed E-state index contributed by atoms with van der Waals surface area (Å²) in [5, 5.41) is 3.17. The van der Waals surface area contributed by atoms with Crippen molar-refractivity contribution < 1.29 is 0 Å². The third-order valence-electron chi connectivity index (χ3n) is 3.28. The van der Waals surface area contributed by atoms with Gasteiger partial charge in [-0.25, -0.2) is 0 Å². The maximum atomic E-state index is 4.61. The SMILES string of the molecule is CCNc1nc(-c2cnccc2C)nc(N(CC)CC)n1. The van der Waals surface area contributed by atoms with E-state index in [2.05, 4.69) is 44.0 Å². The molecule has 0 saturated heterocycles. The lowest BCUT2D eigenvalue weighted by atomic mass is 10.1. The Kier molecular flexibility index (Phi) is 5.03. The minimum Gasteiger partial charge on any atom is -0.354 e.